The summed E-state index contributed by atoms with van der Waals surface area (Å²) in [6.45, 7) is 7.18. The van der Waals surface area contributed by atoms with Crippen molar-refractivity contribution >= 4 is 40.8 Å². The van der Waals surface area contributed by atoms with Crippen LogP contribution in [0.5, 0.6) is 0 Å². The standard InChI is InChI=1S/C26H33ClF3N5OS/c1-5-16(2)23(20-7-6-18(15-36)12-22(20)27)31-13-17(3)24-21(26(28,29)30)14-32-25(34-24)33-19-8-10-35(37-4)11-9-19/h6-7,12-14,16,19,36H,5,8-11,15H2,1-4H3,(H,32,33,34)/b17-13+,31-23+. The van der Waals surface area contributed by atoms with Crippen molar-refractivity contribution in [3.05, 3.63) is 58.0 Å². The molecule has 6 nitrogen and oxygen atoms in total. The number of aromatic nitrogens is 2. The van der Waals surface area contributed by atoms with Gasteiger partial charge in [-0.3, -0.25) is 9.30 Å². The Morgan fingerprint density at radius 2 is 2.05 bits per heavy atom. The number of allylic oxidation sites excluding steroid dienone is 1. The summed E-state index contributed by atoms with van der Waals surface area (Å²) in [6.07, 6.45) is 2.13. The van der Waals surface area contributed by atoms with E-state index in [0.717, 1.165) is 38.5 Å². The second kappa shape index (κ2) is 13.1. The number of hydrogen-bond donors (Lipinski definition) is 2. The van der Waals surface area contributed by atoms with Crippen LogP contribution < -0.4 is 5.32 Å². The predicted molar refractivity (Wildman–Crippen MR) is 146 cm³/mol. The summed E-state index contributed by atoms with van der Waals surface area (Å²) in [5.41, 5.74) is 1.14. The summed E-state index contributed by atoms with van der Waals surface area (Å²) in [5.74, 6) is 0.172. The summed E-state index contributed by atoms with van der Waals surface area (Å²) in [6, 6.07) is 5.29. The number of nitrogens with zero attached hydrogens (tertiary/aromatic N) is 4. The summed E-state index contributed by atoms with van der Waals surface area (Å²) < 4.78 is 43.8. The van der Waals surface area contributed by atoms with Crippen LogP contribution >= 0.6 is 23.5 Å². The van der Waals surface area contributed by atoms with Gasteiger partial charge in [-0.1, -0.05) is 49.5 Å². The quantitative estimate of drug-likeness (QED) is 0.265. The Balaban J connectivity index is 1.97. The molecule has 0 radical (unpaired) electrons. The van der Waals surface area contributed by atoms with Crippen molar-refractivity contribution in [3.63, 3.8) is 0 Å². The Bertz CT molecular complexity index is 1130. The molecule has 3 rings (SSSR count). The molecule has 0 amide bonds. The molecule has 1 fully saturated rings. The largest absolute Gasteiger partial charge is 0.419 e. The fraction of sp³-hybridized carbons (Fsp3) is 0.500. The van der Waals surface area contributed by atoms with Crippen molar-refractivity contribution in [1.29, 1.82) is 0 Å². The van der Waals surface area contributed by atoms with Gasteiger partial charge in [-0.15, -0.1) is 0 Å². The number of aliphatic imine (C=N–C) groups is 1. The number of anilines is 1. The minimum Gasteiger partial charge on any atom is -0.392 e. The van der Waals surface area contributed by atoms with E-state index in [1.165, 1.54) is 6.20 Å². The van der Waals surface area contributed by atoms with Crippen LogP contribution in [0.4, 0.5) is 19.1 Å². The molecule has 2 N–H and O–H groups in total. The highest BCUT2D eigenvalue weighted by Crippen LogP contribution is 2.34. The average Bonchev–Trinajstić information content (AvgIpc) is 2.88. The molecule has 37 heavy (non-hydrogen) atoms. The zero-order valence-corrected chi connectivity index (χ0v) is 23.0. The van der Waals surface area contributed by atoms with Gasteiger partial charge in [0.25, 0.3) is 0 Å². The summed E-state index contributed by atoms with van der Waals surface area (Å²) in [5, 5.41) is 13.0. The smallest absolute Gasteiger partial charge is 0.392 e. The molecule has 1 saturated heterocycles. The highest BCUT2D eigenvalue weighted by atomic mass is 35.5. The molecule has 1 aliphatic rings. The lowest BCUT2D eigenvalue weighted by atomic mass is 9.95. The molecule has 2 heterocycles. The minimum atomic E-state index is -4.61. The maximum atomic E-state index is 13.8. The minimum absolute atomic E-state index is 0.00149. The monoisotopic (exact) mass is 555 g/mol. The van der Waals surface area contributed by atoms with E-state index in [4.69, 9.17) is 11.6 Å². The van der Waals surface area contributed by atoms with Crippen molar-refractivity contribution in [2.45, 2.75) is 58.9 Å². The van der Waals surface area contributed by atoms with Gasteiger partial charge >= 0.3 is 6.18 Å². The number of alkyl halides is 3. The lowest BCUT2D eigenvalue weighted by Gasteiger charge is -2.30. The first-order valence-electron chi connectivity index (χ1n) is 12.2. The normalized spacial score (nSPS) is 17.2. The van der Waals surface area contributed by atoms with E-state index in [2.05, 4.69) is 24.6 Å². The second-order valence-corrected chi connectivity index (χ2v) is 10.4. The van der Waals surface area contributed by atoms with Crippen LogP contribution in [0.15, 0.2) is 35.6 Å². The van der Waals surface area contributed by atoms with Crippen LogP contribution in [0.1, 0.15) is 62.4 Å². The van der Waals surface area contributed by atoms with Crippen LogP contribution in [0.3, 0.4) is 0 Å². The molecule has 11 heteroatoms. The van der Waals surface area contributed by atoms with Crippen LogP contribution in [-0.2, 0) is 12.8 Å². The summed E-state index contributed by atoms with van der Waals surface area (Å²) in [4.78, 5) is 12.8. The highest BCUT2D eigenvalue weighted by Gasteiger charge is 2.35. The molecular weight excluding hydrogens is 523 g/mol. The predicted octanol–water partition coefficient (Wildman–Crippen LogP) is 6.69. The lowest BCUT2D eigenvalue weighted by Crippen LogP contribution is -2.35. The van der Waals surface area contributed by atoms with Gasteiger partial charge in [-0.2, -0.15) is 13.2 Å². The second-order valence-electron chi connectivity index (χ2n) is 9.09. The summed E-state index contributed by atoms with van der Waals surface area (Å²) in [7, 11) is 0. The first-order valence-corrected chi connectivity index (χ1v) is 13.8. The number of hydrogen-bond acceptors (Lipinski definition) is 7. The number of nitrogens with one attached hydrogen (secondary N) is 1. The zero-order chi connectivity index (χ0) is 27.2. The number of aliphatic hydroxyl groups excluding tert-OH is 1. The zero-order valence-electron chi connectivity index (χ0n) is 21.4. The Hall–Kier alpha value is -2.14. The molecule has 2 aromatic rings. The van der Waals surface area contributed by atoms with Crippen LogP contribution in [0, 0.1) is 5.92 Å². The SMILES string of the molecule is CCC(C)/C(=N\C=C(/C)c1nc(NC2CCN(SC)CC2)ncc1C(F)(F)F)c1ccc(CO)cc1Cl. The number of piperidine rings is 1. The van der Waals surface area contributed by atoms with Gasteiger partial charge in [0, 0.05) is 42.1 Å². The Morgan fingerprint density at radius 3 is 2.62 bits per heavy atom. The van der Waals surface area contributed by atoms with Crippen LogP contribution in [0.2, 0.25) is 5.02 Å². The molecule has 0 bridgehead atoms. The van der Waals surface area contributed by atoms with E-state index in [0.29, 0.717) is 21.9 Å². The molecule has 0 aliphatic carbocycles. The van der Waals surface area contributed by atoms with E-state index in [9.17, 15) is 18.3 Å². The molecule has 1 unspecified atom stereocenters. The third kappa shape index (κ3) is 7.69. The van der Waals surface area contributed by atoms with Gasteiger partial charge in [-0.25, -0.2) is 9.97 Å². The molecule has 1 aliphatic heterocycles. The van der Waals surface area contributed by atoms with E-state index >= 15 is 0 Å². The van der Waals surface area contributed by atoms with Crippen LogP contribution in [0.25, 0.3) is 5.57 Å². The number of aliphatic hydroxyl groups is 1. The fourth-order valence-electron chi connectivity index (χ4n) is 4.07. The first-order chi connectivity index (χ1) is 17.6. The molecule has 0 spiro atoms. The van der Waals surface area contributed by atoms with Gasteiger partial charge < -0.3 is 10.4 Å². The lowest BCUT2D eigenvalue weighted by molar-refractivity contribution is -0.138. The average molecular weight is 556 g/mol. The maximum absolute atomic E-state index is 13.8. The van der Waals surface area contributed by atoms with E-state index in [1.807, 2.05) is 20.1 Å². The number of rotatable bonds is 9. The van der Waals surface area contributed by atoms with Crippen molar-refractivity contribution in [3.8, 4) is 0 Å². The number of halogens is 4. The van der Waals surface area contributed by atoms with E-state index < -0.39 is 11.7 Å². The molecule has 0 saturated carbocycles. The third-order valence-electron chi connectivity index (χ3n) is 6.48. The van der Waals surface area contributed by atoms with Crippen molar-refractivity contribution < 1.29 is 18.3 Å². The maximum Gasteiger partial charge on any atom is 0.419 e. The van der Waals surface area contributed by atoms with Crippen molar-refractivity contribution in [1.82, 2.24) is 14.3 Å². The Labute approximate surface area is 225 Å². The summed E-state index contributed by atoms with van der Waals surface area (Å²) >= 11 is 8.15. The Morgan fingerprint density at radius 1 is 1.35 bits per heavy atom. The van der Waals surface area contributed by atoms with E-state index in [1.54, 1.807) is 37.1 Å². The van der Waals surface area contributed by atoms with Gasteiger partial charge in [0.2, 0.25) is 5.95 Å². The van der Waals surface area contributed by atoms with Crippen molar-refractivity contribution in [2.24, 2.45) is 10.9 Å². The van der Waals surface area contributed by atoms with Gasteiger partial charge in [0.15, 0.2) is 0 Å². The van der Waals surface area contributed by atoms with Crippen molar-refractivity contribution in [2.75, 3.05) is 24.7 Å². The third-order valence-corrected chi connectivity index (χ3v) is 7.68. The van der Waals surface area contributed by atoms with Gasteiger partial charge in [0.05, 0.1) is 23.6 Å². The first kappa shape index (κ1) is 29.4. The van der Waals surface area contributed by atoms with Crippen LogP contribution in [-0.4, -0.2) is 50.5 Å². The number of benzene rings is 1. The topological polar surface area (TPSA) is 73.6 Å². The highest BCUT2D eigenvalue weighted by molar-refractivity contribution is 7.96. The Kier molecular flexibility index (Phi) is 10.4. The fourth-order valence-corrected chi connectivity index (χ4v) is 4.95. The molecular formula is C26H33ClF3N5OS. The molecule has 202 valence electrons. The van der Waals surface area contributed by atoms with E-state index in [-0.39, 0.29) is 35.8 Å². The molecule has 1 atom stereocenters. The molecule has 1 aromatic heterocycles. The van der Waals surface area contributed by atoms with Gasteiger partial charge in [0.1, 0.15) is 0 Å². The molecule has 1 aromatic carbocycles. The van der Waals surface area contributed by atoms with Gasteiger partial charge in [-0.05, 0) is 55.6 Å².